The fraction of sp³-hybridized carbons (Fsp3) is 0.296. The maximum absolute atomic E-state index is 8.38. The topological polar surface area (TPSA) is 12.9 Å². The maximum atomic E-state index is 8.38. The van der Waals surface area contributed by atoms with E-state index in [1.165, 1.54) is 42.6 Å². The van der Waals surface area contributed by atoms with E-state index in [1.54, 1.807) is 0 Å². The smallest absolute Gasteiger partial charge is 0.0840 e. The fourth-order valence-corrected chi connectivity index (χ4v) is 5.67. The van der Waals surface area contributed by atoms with Gasteiger partial charge in [-0.15, -0.1) is 0 Å². The number of nitrogens with zero attached hydrogens (tertiary/aromatic N) is 1. The Hall–Kier alpha value is -2.32. The van der Waals surface area contributed by atoms with Crippen LogP contribution in [0.2, 0.25) is 0 Å². The Balaban J connectivity index is 1.90. The molecule has 3 aromatic carbocycles. The second-order valence-corrected chi connectivity index (χ2v) is 10.7. The summed E-state index contributed by atoms with van der Waals surface area (Å²) in [5.74, 6) is 0.448. The van der Waals surface area contributed by atoms with Gasteiger partial charge in [0.05, 0.1) is 7.06 Å². The van der Waals surface area contributed by atoms with Crippen molar-refractivity contribution in [3.8, 4) is 11.3 Å². The van der Waals surface area contributed by atoms with Gasteiger partial charge in [0.25, 0.3) is 0 Å². The van der Waals surface area contributed by atoms with Crippen molar-refractivity contribution in [3.63, 3.8) is 0 Å². The minimum absolute atomic E-state index is 0.179. The van der Waals surface area contributed by atoms with Crippen molar-refractivity contribution in [3.05, 3.63) is 65.8 Å². The van der Waals surface area contributed by atoms with Gasteiger partial charge in [-0.1, -0.05) is 76.7 Å². The van der Waals surface area contributed by atoms with Gasteiger partial charge in [0.1, 0.15) is 0 Å². The first kappa shape index (κ1) is 17.5. The Morgan fingerprint density at radius 2 is 1.83 bits per heavy atom. The van der Waals surface area contributed by atoms with Gasteiger partial charge in [0.2, 0.25) is 0 Å². The van der Waals surface area contributed by atoms with Crippen LogP contribution in [0.15, 0.2) is 64.5 Å². The lowest BCUT2D eigenvalue weighted by molar-refractivity contribution is 0.410. The normalized spacial score (nSPS) is 13.8. The standard InChI is InChI=1S/C27H27NS/c1-16(2)19-12-18-10-11-28-25-21-13-17-8-6-7-9-20(17)22(15-27(3,4)5)26(21)29-23(14-19)24(18)25/h6-14,16H,15H2,1-5H3/i11D. The number of hydrogen-bond donors (Lipinski definition) is 0. The lowest BCUT2D eigenvalue weighted by atomic mass is 9.84. The minimum Gasteiger partial charge on any atom is -0.256 e. The van der Waals surface area contributed by atoms with Crippen LogP contribution in [0.4, 0.5) is 0 Å². The molecule has 0 spiro atoms. The van der Waals surface area contributed by atoms with Crippen LogP contribution in [0.1, 0.15) is 53.0 Å². The number of fused-ring (bicyclic) bond motifs is 3. The summed E-state index contributed by atoms with van der Waals surface area (Å²) in [6, 6.07) is 17.5. The van der Waals surface area contributed by atoms with Gasteiger partial charge in [0.15, 0.2) is 0 Å². The molecule has 0 fully saturated rings. The second kappa shape index (κ2) is 6.60. The number of aromatic nitrogens is 1. The van der Waals surface area contributed by atoms with Crippen LogP contribution in [0.5, 0.6) is 0 Å². The summed E-state index contributed by atoms with van der Waals surface area (Å²) in [6.45, 7) is 11.4. The first-order valence-electron chi connectivity index (χ1n) is 10.9. The van der Waals surface area contributed by atoms with Crippen molar-refractivity contribution < 1.29 is 1.37 Å². The second-order valence-electron chi connectivity index (χ2n) is 9.66. The van der Waals surface area contributed by atoms with Crippen LogP contribution in [0.3, 0.4) is 0 Å². The van der Waals surface area contributed by atoms with Crippen LogP contribution in [0, 0.1) is 5.41 Å². The Labute approximate surface area is 179 Å². The summed E-state index contributed by atoms with van der Waals surface area (Å²) in [5, 5.41) is 4.92. The van der Waals surface area contributed by atoms with Crippen molar-refractivity contribution in [2.45, 2.75) is 56.7 Å². The van der Waals surface area contributed by atoms with E-state index in [4.69, 9.17) is 6.35 Å². The van der Waals surface area contributed by atoms with Gasteiger partial charge in [-0.2, -0.15) is 0 Å². The molecular formula is C27H27NS. The Bertz CT molecular complexity index is 1310. The molecule has 0 bridgehead atoms. The Kier molecular flexibility index (Phi) is 3.99. The lowest BCUT2D eigenvalue weighted by Crippen LogP contribution is -2.12. The van der Waals surface area contributed by atoms with E-state index in [-0.39, 0.29) is 5.41 Å². The molecule has 1 aromatic heterocycles. The predicted molar refractivity (Wildman–Crippen MR) is 126 cm³/mol. The SMILES string of the molecule is [2H]c1cc2cc(C(C)C)cc3c2c(n1)-c1cc2ccccc2c(CC(C)(C)C)c1S3. The third-order valence-corrected chi connectivity index (χ3v) is 6.95. The molecule has 0 atom stereocenters. The summed E-state index contributed by atoms with van der Waals surface area (Å²) in [6.07, 6.45) is 1.35. The average molecular weight is 399 g/mol. The highest BCUT2D eigenvalue weighted by Crippen LogP contribution is 2.51. The largest absolute Gasteiger partial charge is 0.256 e. The summed E-state index contributed by atoms with van der Waals surface area (Å²) >= 11 is 1.89. The van der Waals surface area contributed by atoms with E-state index in [9.17, 15) is 0 Å². The number of rotatable bonds is 2. The first-order valence-corrected chi connectivity index (χ1v) is 11.2. The highest BCUT2D eigenvalue weighted by Gasteiger charge is 2.27. The summed E-state index contributed by atoms with van der Waals surface area (Å²) in [7, 11) is 0. The number of pyridine rings is 1. The van der Waals surface area contributed by atoms with Gasteiger partial charge in [-0.25, -0.2) is 0 Å². The molecule has 2 heteroatoms. The van der Waals surface area contributed by atoms with E-state index in [2.05, 4.69) is 77.1 Å². The van der Waals surface area contributed by atoms with Crippen LogP contribution in [-0.2, 0) is 6.42 Å². The van der Waals surface area contributed by atoms with E-state index in [1.807, 2.05) is 17.8 Å². The van der Waals surface area contributed by atoms with Gasteiger partial charge >= 0.3 is 0 Å². The molecule has 0 unspecified atom stereocenters. The molecule has 4 aromatic rings. The molecular weight excluding hydrogens is 370 g/mol. The molecule has 0 radical (unpaired) electrons. The molecule has 1 aliphatic heterocycles. The maximum Gasteiger partial charge on any atom is 0.0840 e. The van der Waals surface area contributed by atoms with Gasteiger partial charge in [-0.3, -0.25) is 4.98 Å². The van der Waals surface area contributed by atoms with Gasteiger partial charge in [-0.05, 0) is 63.2 Å². The Morgan fingerprint density at radius 3 is 2.59 bits per heavy atom. The van der Waals surface area contributed by atoms with Crippen LogP contribution < -0.4 is 0 Å². The quantitative estimate of drug-likeness (QED) is 0.297. The minimum atomic E-state index is 0.179. The fourth-order valence-electron chi connectivity index (χ4n) is 4.37. The molecule has 0 aliphatic carbocycles. The molecule has 5 rings (SSSR count). The average Bonchev–Trinajstić information content (AvgIpc) is 2.67. The molecule has 0 saturated carbocycles. The van der Waals surface area contributed by atoms with E-state index >= 15 is 0 Å². The first-order chi connectivity index (χ1) is 14.2. The summed E-state index contributed by atoms with van der Waals surface area (Å²) in [4.78, 5) is 7.34. The monoisotopic (exact) mass is 398 g/mol. The predicted octanol–water partition coefficient (Wildman–Crippen LogP) is 8.23. The third-order valence-electron chi connectivity index (χ3n) is 5.73. The van der Waals surface area contributed by atoms with Crippen molar-refractivity contribution >= 4 is 33.3 Å². The molecule has 0 amide bonds. The van der Waals surface area contributed by atoms with Gasteiger partial charge in [0, 0.05) is 26.9 Å². The Morgan fingerprint density at radius 1 is 1.03 bits per heavy atom. The lowest BCUT2D eigenvalue weighted by Gasteiger charge is -2.27. The number of benzene rings is 3. The summed E-state index contributed by atoms with van der Waals surface area (Å²) in [5.41, 5.74) is 5.06. The zero-order valence-electron chi connectivity index (χ0n) is 18.8. The van der Waals surface area contributed by atoms with Crippen molar-refractivity contribution in [1.29, 1.82) is 0 Å². The molecule has 29 heavy (non-hydrogen) atoms. The van der Waals surface area contributed by atoms with Crippen LogP contribution >= 0.6 is 11.8 Å². The molecule has 146 valence electrons. The van der Waals surface area contributed by atoms with E-state index in [0.717, 1.165) is 17.5 Å². The molecule has 0 N–H and O–H groups in total. The van der Waals surface area contributed by atoms with Crippen LogP contribution in [0.25, 0.3) is 32.8 Å². The highest BCUT2D eigenvalue weighted by atomic mass is 32.2. The van der Waals surface area contributed by atoms with Crippen molar-refractivity contribution in [2.75, 3.05) is 0 Å². The highest BCUT2D eigenvalue weighted by molar-refractivity contribution is 7.99. The van der Waals surface area contributed by atoms with Gasteiger partial charge < -0.3 is 0 Å². The molecule has 1 aliphatic rings. The third kappa shape index (κ3) is 3.14. The molecule has 2 heterocycles. The van der Waals surface area contributed by atoms with E-state index < -0.39 is 0 Å². The van der Waals surface area contributed by atoms with Crippen LogP contribution in [-0.4, -0.2) is 4.98 Å². The zero-order chi connectivity index (χ0) is 21.2. The van der Waals surface area contributed by atoms with E-state index in [0.29, 0.717) is 12.1 Å². The zero-order valence-corrected chi connectivity index (χ0v) is 18.6. The molecule has 1 nitrogen and oxygen atoms in total. The van der Waals surface area contributed by atoms with Crippen molar-refractivity contribution in [2.24, 2.45) is 5.41 Å². The van der Waals surface area contributed by atoms with Crippen molar-refractivity contribution in [1.82, 2.24) is 4.98 Å². The number of hydrogen-bond acceptors (Lipinski definition) is 2. The summed E-state index contributed by atoms with van der Waals surface area (Å²) < 4.78 is 8.38. The molecule has 0 saturated heterocycles.